The number of carbonyl (C=O) groups is 1. The van der Waals surface area contributed by atoms with E-state index in [4.69, 9.17) is 0 Å². The van der Waals surface area contributed by atoms with Crippen LogP contribution in [0.5, 0.6) is 0 Å². The van der Waals surface area contributed by atoms with Crippen molar-refractivity contribution in [3.05, 3.63) is 71.3 Å². The zero-order chi connectivity index (χ0) is 15.4. The van der Waals surface area contributed by atoms with Crippen molar-refractivity contribution in [2.45, 2.75) is 17.5 Å². The first-order chi connectivity index (χ1) is 10.7. The average Bonchev–Trinajstić information content (AvgIpc) is 3.10. The van der Waals surface area contributed by atoms with Crippen molar-refractivity contribution in [2.75, 3.05) is 11.5 Å². The van der Waals surface area contributed by atoms with Gasteiger partial charge in [0.05, 0.1) is 10.6 Å². The van der Waals surface area contributed by atoms with Crippen molar-refractivity contribution in [3.8, 4) is 0 Å². The van der Waals surface area contributed by atoms with E-state index < -0.39 is 0 Å². The van der Waals surface area contributed by atoms with Crippen molar-refractivity contribution in [1.82, 2.24) is 5.32 Å². The monoisotopic (exact) mass is 329 g/mol. The van der Waals surface area contributed by atoms with Gasteiger partial charge < -0.3 is 5.32 Å². The van der Waals surface area contributed by atoms with Gasteiger partial charge in [-0.15, -0.1) is 23.5 Å². The SMILES string of the molecule is C[C@H](NC(=O)c1ccc(C2SCCS2)cc1)c1ccccc1. The zero-order valence-electron chi connectivity index (χ0n) is 12.5. The Kier molecular flexibility index (Phi) is 5.11. The molecule has 0 radical (unpaired) electrons. The molecule has 0 aliphatic carbocycles. The highest BCUT2D eigenvalue weighted by molar-refractivity contribution is 8.19. The van der Waals surface area contributed by atoms with Crippen molar-refractivity contribution < 1.29 is 4.79 Å². The second kappa shape index (κ2) is 7.25. The van der Waals surface area contributed by atoms with Crippen LogP contribution in [0.25, 0.3) is 0 Å². The maximum atomic E-state index is 12.3. The van der Waals surface area contributed by atoms with Gasteiger partial charge in [-0.1, -0.05) is 42.5 Å². The quantitative estimate of drug-likeness (QED) is 0.885. The summed E-state index contributed by atoms with van der Waals surface area (Å²) in [6.45, 7) is 2.01. The summed E-state index contributed by atoms with van der Waals surface area (Å²) in [4.78, 5) is 12.3. The van der Waals surface area contributed by atoms with E-state index in [1.54, 1.807) is 0 Å². The maximum absolute atomic E-state index is 12.3. The molecular formula is C18H19NOS2. The van der Waals surface area contributed by atoms with Crippen LogP contribution in [0.3, 0.4) is 0 Å². The molecule has 1 heterocycles. The van der Waals surface area contributed by atoms with Gasteiger partial charge in [0.2, 0.25) is 0 Å². The molecule has 4 heteroatoms. The van der Waals surface area contributed by atoms with Crippen LogP contribution < -0.4 is 5.32 Å². The third kappa shape index (κ3) is 3.68. The number of thioether (sulfide) groups is 2. The molecule has 0 unspecified atom stereocenters. The number of hydrogen-bond acceptors (Lipinski definition) is 3. The largest absolute Gasteiger partial charge is 0.346 e. The Labute approximate surface area is 140 Å². The van der Waals surface area contributed by atoms with Crippen LogP contribution in [-0.4, -0.2) is 17.4 Å². The van der Waals surface area contributed by atoms with Crippen LogP contribution in [-0.2, 0) is 0 Å². The molecule has 1 amide bonds. The molecule has 2 aromatic rings. The first kappa shape index (κ1) is 15.5. The number of rotatable bonds is 4. The summed E-state index contributed by atoms with van der Waals surface area (Å²) in [6.07, 6.45) is 0. The average molecular weight is 329 g/mol. The number of benzene rings is 2. The molecular weight excluding hydrogens is 310 g/mol. The number of carbonyl (C=O) groups excluding carboxylic acids is 1. The highest BCUT2D eigenvalue weighted by atomic mass is 32.2. The second-order valence-corrected chi connectivity index (χ2v) is 8.03. The van der Waals surface area contributed by atoms with Gasteiger partial charge in [-0.3, -0.25) is 4.79 Å². The molecule has 0 saturated carbocycles. The lowest BCUT2D eigenvalue weighted by Crippen LogP contribution is -2.26. The van der Waals surface area contributed by atoms with Crippen LogP contribution in [0.15, 0.2) is 54.6 Å². The lowest BCUT2D eigenvalue weighted by atomic mass is 10.1. The van der Waals surface area contributed by atoms with E-state index in [-0.39, 0.29) is 11.9 Å². The summed E-state index contributed by atoms with van der Waals surface area (Å²) < 4.78 is 0.528. The molecule has 1 aliphatic heterocycles. The van der Waals surface area contributed by atoms with Crippen LogP contribution in [0.4, 0.5) is 0 Å². The number of nitrogens with one attached hydrogen (secondary N) is 1. The molecule has 114 valence electrons. The van der Waals surface area contributed by atoms with Gasteiger partial charge in [0.25, 0.3) is 5.91 Å². The van der Waals surface area contributed by atoms with E-state index in [9.17, 15) is 4.79 Å². The minimum Gasteiger partial charge on any atom is -0.346 e. The smallest absolute Gasteiger partial charge is 0.251 e. The van der Waals surface area contributed by atoms with E-state index in [0.717, 1.165) is 11.1 Å². The Morgan fingerprint density at radius 2 is 1.68 bits per heavy atom. The molecule has 0 aromatic heterocycles. The van der Waals surface area contributed by atoms with Crippen molar-refractivity contribution in [3.63, 3.8) is 0 Å². The molecule has 2 aromatic carbocycles. The van der Waals surface area contributed by atoms with Gasteiger partial charge in [0.15, 0.2) is 0 Å². The molecule has 22 heavy (non-hydrogen) atoms. The standard InChI is InChI=1S/C18H19NOS2/c1-13(14-5-3-2-4-6-14)19-17(20)15-7-9-16(10-8-15)18-21-11-12-22-18/h2-10,13,18H,11-12H2,1H3,(H,19,20)/t13-/m0/s1. The third-order valence-electron chi connectivity index (χ3n) is 3.71. The lowest BCUT2D eigenvalue weighted by molar-refractivity contribution is 0.0940. The molecule has 1 atom stereocenters. The molecule has 1 fully saturated rings. The minimum absolute atomic E-state index is 0.00863. The fourth-order valence-electron chi connectivity index (χ4n) is 2.45. The normalized spacial score (nSPS) is 16.4. The predicted molar refractivity (Wildman–Crippen MR) is 96.4 cm³/mol. The highest BCUT2D eigenvalue weighted by Gasteiger charge is 2.18. The van der Waals surface area contributed by atoms with Gasteiger partial charge in [-0.05, 0) is 30.2 Å². The van der Waals surface area contributed by atoms with E-state index in [0.29, 0.717) is 4.58 Å². The first-order valence-corrected chi connectivity index (χ1v) is 9.53. The Morgan fingerprint density at radius 1 is 1.05 bits per heavy atom. The Bertz CT molecular complexity index is 621. The van der Waals surface area contributed by atoms with Crippen molar-refractivity contribution in [2.24, 2.45) is 0 Å². The summed E-state index contributed by atoms with van der Waals surface area (Å²) in [5.74, 6) is 2.41. The van der Waals surface area contributed by atoms with Gasteiger partial charge in [0, 0.05) is 17.1 Å². The summed E-state index contributed by atoms with van der Waals surface area (Å²) in [5.41, 5.74) is 3.14. The van der Waals surface area contributed by atoms with Crippen LogP contribution >= 0.6 is 23.5 Å². The molecule has 3 rings (SSSR count). The van der Waals surface area contributed by atoms with Crippen molar-refractivity contribution >= 4 is 29.4 Å². The molecule has 1 N–H and O–H groups in total. The molecule has 0 spiro atoms. The first-order valence-electron chi connectivity index (χ1n) is 7.43. The van der Waals surface area contributed by atoms with Gasteiger partial charge in [0.1, 0.15) is 0 Å². The van der Waals surface area contributed by atoms with E-state index in [2.05, 4.69) is 17.4 Å². The van der Waals surface area contributed by atoms with Crippen LogP contribution in [0.1, 0.15) is 39.0 Å². The molecule has 0 bridgehead atoms. The lowest BCUT2D eigenvalue weighted by Gasteiger charge is -2.15. The molecule has 1 aliphatic rings. The van der Waals surface area contributed by atoms with Crippen LogP contribution in [0, 0.1) is 0 Å². The second-order valence-electron chi connectivity index (χ2n) is 5.30. The number of hydrogen-bond donors (Lipinski definition) is 1. The predicted octanol–water partition coefficient (Wildman–Crippen LogP) is 4.66. The highest BCUT2D eigenvalue weighted by Crippen LogP contribution is 2.45. The van der Waals surface area contributed by atoms with E-state index >= 15 is 0 Å². The Hall–Kier alpha value is -1.39. The summed E-state index contributed by atoms with van der Waals surface area (Å²) in [5, 5.41) is 3.05. The summed E-state index contributed by atoms with van der Waals surface area (Å²) in [7, 11) is 0. The summed E-state index contributed by atoms with van der Waals surface area (Å²) in [6, 6.07) is 18.1. The summed E-state index contributed by atoms with van der Waals surface area (Å²) >= 11 is 3.96. The Morgan fingerprint density at radius 3 is 2.32 bits per heavy atom. The molecule has 1 saturated heterocycles. The van der Waals surface area contributed by atoms with E-state index in [1.165, 1.54) is 17.1 Å². The van der Waals surface area contributed by atoms with Gasteiger partial charge in [-0.25, -0.2) is 0 Å². The van der Waals surface area contributed by atoms with Gasteiger partial charge >= 0.3 is 0 Å². The maximum Gasteiger partial charge on any atom is 0.251 e. The minimum atomic E-state index is -0.0189. The van der Waals surface area contributed by atoms with Gasteiger partial charge in [-0.2, -0.15) is 0 Å². The van der Waals surface area contributed by atoms with E-state index in [1.807, 2.05) is 72.9 Å². The van der Waals surface area contributed by atoms with Crippen molar-refractivity contribution in [1.29, 1.82) is 0 Å². The fourth-order valence-corrected chi connectivity index (χ4v) is 5.31. The zero-order valence-corrected chi connectivity index (χ0v) is 14.1. The topological polar surface area (TPSA) is 29.1 Å². The molecule has 2 nitrogen and oxygen atoms in total. The van der Waals surface area contributed by atoms with Crippen LogP contribution in [0.2, 0.25) is 0 Å². The number of amides is 1. The Balaban J connectivity index is 1.64. The third-order valence-corrected chi connectivity index (χ3v) is 6.82. The fraction of sp³-hybridized carbons (Fsp3) is 0.278.